The smallest absolute Gasteiger partial charge is 0.334 e. The van der Waals surface area contributed by atoms with E-state index in [0.717, 1.165) is 0 Å². The molecule has 0 heterocycles. The number of ketones is 1. The predicted molar refractivity (Wildman–Crippen MR) is 184 cm³/mol. The fourth-order valence-electron chi connectivity index (χ4n) is 4.86. The second-order valence-electron chi connectivity index (χ2n) is 13.1. The SMILES string of the molecule is CC(C)N(CCOC(=O)C(C)(Br)CC(C)(C)C(=O)OCCOCC(=O)NCCCC(=O)C(NC(=O)NC(CCC(=O)O)C(=O)O)C(=O)O)C(C)C. The van der Waals surface area contributed by atoms with Crippen molar-refractivity contribution >= 4 is 63.5 Å². The second-order valence-corrected chi connectivity index (χ2v) is 14.9. The zero-order valence-electron chi connectivity index (χ0n) is 30.2. The van der Waals surface area contributed by atoms with Crippen LogP contribution < -0.4 is 16.0 Å². The summed E-state index contributed by atoms with van der Waals surface area (Å²) in [4.78, 5) is 97.6. The molecule has 0 aliphatic carbocycles. The van der Waals surface area contributed by atoms with Crippen LogP contribution in [0.3, 0.4) is 0 Å². The molecule has 3 unspecified atom stereocenters. The number of nitrogens with one attached hydrogen (secondary N) is 3. The number of carbonyl (C=O) groups is 8. The van der Waals surface area contributed by atoms with Crippen LogP contribution in [0.5, 0.6) is 0 Å². The van der Waals surface area contributed by atoms with Gasteiger partial charge in [-0.05, 0) is 67.7 Å². The molecule has 0 fully saturated rings. The van der Waals surface area contributed by atoms with E-state index in [1.54, 1.807) is 20.8 Å². The number of ether oxygens (including phenoxy) is 3. The number of amides is 3. The number of Topliss-reactive ketones (excluding diaryl/α,β-unsaturated/α-hetero) is 1. The number of nitrogens with zero attached hydrogens (tertiary/aromatic N) is 1. The van der Waals surface area contributed by atoms with Gasteiger partial charge in [0.1, 0.15) is 30.2 Å². The topological polar surface area (TPSA) is 264 Å². The maximum absolute atomic E-state index is 12.8. The molecule has 0 radical (unpaired) electrons. The van der Waals surface area contributed by atoms with Gasteiger partial charge >= 0.3 is 35.9 Å². The molecule has 3 atom stereocenters. The number of esters is 2. The van der Waals surface area contributed by atoms with E-state index >= 15 is 0 Å². The average molecular weight is 798 g/mol. The molecule has 0 aromatic rings. The van der Waals surface area contributed by atoms with Gasteiger partial charge in [0.25, 0.3) is 0 Å². The number of urea groups is 1. The summed E-state index contributed by atoms with van der Waals surface area (Å²) in [5, 5.41) is 33.4. The van der Waals surface area contributed by atoms with E-state index in [1.807, 2.05) is 10.6 Å². The standard InChI is InChI=1S/C32H53BrN4O14/c1-19(2)37(20(3)4)13-14-50-29(47)32(7,33)18-31(5,6)28(46)51-16-15-49-17-23(39)34-12-8-9-22(38)25(27(44)45)36-30(48)35-21(26(42)43)10-11-24(40)41/h19-21,25H,8-18H2,1-7H3,(H,34,39)(H,40,41)(H,42,43)(H,44,45)(H2,35,36,48). The van der Waals surface area contributed by atoms with Crippen molar-refractivity contribution in [1.82, 2.24) is 20.9 Å². The normalized spacial score (nSPS) is 13.9. The first kappa shape index (κ1) is 47.2. The van der Waals surface area contributed by atoms with Crippen LogP contribution in [0.2, 0.25) is 0 Å². The van der Waals surface area contributed by atoms with Gasteiger partial charge in [-0.25, -0.2) is 14.4 Å². The van der Waals surface area contributed by atoms with Crippen LogP contribution >= 0.6 is 15.9 Å². The fourth-order valence-corrected chi connectivity index (χ4v) is 5.67. The van der Waals surface area contributed by atoms with E-state index in [9.17, 15) is 43.5 Å². The number of rotatable bonds is 26. The van der Waals surface area contributed by atoms with Crippen molar-refractivity contribution in [2.75, 3.05) is 39.5 Å². The van der Waals surface area contributed by atoms with Crippen molar-refractivity contribution < 1.29 is 67.9 Å². The molecule has 0 aromatic carbocycles. The summed E-state index contributed by atoms with van der Waals surface area (Å²) in [5.41, 5.74) is -1.07. The summed E-state index contributed by atoms with van der Waals surface area (Å²) in [7, 11) is 0. The summed E-state index contributed by atoms with van der Waals surface area (Å²) in [5.74, 6) is -7.14. The molecule has 0 aromatic heterocycles. The third-order valence-electron chi connectivity index (χ3n) is 7.37. The lowest BCUT2D eigenvalue weighted by Gasteiger charge is -2.32. The van der Waals surface area contributed by atoms with E-state index in [0.29, 0.717) is 6.54 Å². The summed E-state index contributed by atoms with van der Waals surface area (Å²) in [6.45, 7) is 13.2. The third kappa shape index (κ3) is 19.4. The van der Waals surface area contributed by atoms with Gasteiger partial charge in [0.05, 0.1) is 12.0 Å². The molecule has 18 nitrogen and oxygen atoms in total. The highest BCUT2D eigenvalue weighted by molar-refractivity contribution is 9.10. The number of aliphatic carboxylic acids is 3. The minimum absolute atomic E-state index is 0.00488. The lowest BCUT2D eigenvalue weighted by molar-refractivity contribution is -0.158. The first-order chi connectivity index (χ1) is 23.5. The van der Waals surface area contributed by atoms with Crippen molar-refractivity contribution in [3.05, 3.63) is 0 Å². The maximum atomic E-state index is 12.8. The largest absolute Gasteiger partial charge is 0.481 e. The van der Waals surface area contributed by atoms with Gasteiger partial charge in [0.2, 0.25) is 5.91 Å². The number of hydrogen-bond donors (Lipinski definition) is 6. The number of carboxylic acid groups (broad SMARTS) is 3. The van der Waals surface area contributed by atoms with Crippen molar-refractivity contribution in [1.29, 1.82) is 0 Å². The van der Waals surface area contributed by atoms with Crippen LogP contribution in [0, 0.1) is 5.41 Å². The lowest BCUT2D eigenvalue weighted by Crippen LogP contribution is -2.53. The molecule has 0 aliphatic heterocycles. The van der Waals surface area contributed by atoms with Crippen molar-refractivity contribution in [2.45, 2.75) is 109 Å². The zero-order chi connectivity index (χ0) is 39.5. The first-order valence-electron chi connectivity index (χ1n) is 16.4. The fraction of sp³-hybridized carbons (Fsp3) is 0.750. The highest BCUT2D eigenvalue weighted by Gasteiger charge is 2.42. The molecule has 0 saturated carbocycles. The van der Waals surface area contributed by atoms with Gasteiger partial charge in [0.15, 0.2) is 11.8 Å². The molecule has 51 heavy (non-hydrogen) atoms. The van der Waals surface area contributed by atoms with Crippen LogP contribution in [-0.2, 0) is 47.8 Å². The van der Waals surface area contributed by atoms with Crippen LogP contribution in [0.1, 0.15) is 80.6 Å². The Morgan fingerprint density at radius 3 is 1.90 bits per heavy atom. The highest BCUT2D eigenvalue weighted by atomic mass is 79.9. The van der Waals surface area contributed by atoms with Gasteiger partial charge in [-0.2, -0.15) is 0 Å². The monoisotopic (exact) mass is 796 g/mol. The Hall–Kier alpha value is -3.84. The Morgan fingerprint density at radius 1 is 0.784 bits per heavy atom. The number of carboxylic acids is 3. The van der Waals surface area contributed by atoms with Gasteiger partial charge < -0.3 is 45.5 Å². The third-order valence-corrected chi connectivity index (χ3v) is 7.98. The molecule has 0 saturated heterocycles. The van der Waals surface area contributed by atoms with E-state index in [1.165, 1.54) is 0 Å². The number of alkyl halides is 1. The minimum atomic E-state index is -2.02. The van der Waals surface area contributed by atoms with Crippen molar-refractivity contribution in [2.24, 2.45) is 5.41 Å². The summed E-state index contributed by atoms with van der Waals surface area (Å²) < 4.78 is 14.8. The summed E-state index contributed by atoms with van der Waals surface area (Å²) in [6, 6.07) is -4.37. The van der Waals surface area contributed by atoms with Gasteiger partial charge in [-0.1, -0.05) is 15.9 Å². The molecule has 19 heteroatoms. The lowest BCUT2D eigenvalue weighted by atomic mass is 9.83. The molecule has 0 spiro atoms. The van der Waals surface area contributed by atoms with Crippen LogP contribution in [0.4, 0.5) is 4.79 Å². The van der Waals surface area contributed by atoms with Gasteiger partial charge in [-0.15, -0.1) is 0 Å². The van der Waals surface area contributed by atoms with Crippen LogP contribution in [0.25, 0.3) is 0 Å². The molecule has 292 valence electrons. The van der Waals surface area contributed by atoms with E-state index in [4.69, 9.17) is 24.4 Å². The van der Waals surface area contributed by atoms with E-state index in [2.05, 4.69) is 53.8 Å². The molecular weight excluding hydrogens is 744 g/mol. The van der Waals surface area contributed by atoms with E-state index < -0.39 is 88.8 Å². The maximum Gasteiger partial charge on any atom is 0.334 e. The van der Waals surface area contributed by atoms with Crippen molar-refractivity contribution in [3.63, 3.8) is 0 Å². The molecule has 6 N–H and O–H groups in total. The van der Waals surface area contributed by atoms with Crippen LogP contribution in [0.15, 0.2) is 0 Å². The predicted octanol–water partition coefficient (Wildman–Crippen LogP) is 1.31. The number of carbonyl (C=O) groups excluding carboxylic acids is 5. The summed E-state index contributed by atoms with van der Waals surface area (Å²) in [6.07, 6.45) is -1.33. The second kappa shape index (κ2) is 22.9. The van der Waals surface area contributed by atoms with E-state index in [-0.39, 0.29) is 57.7 Å². The Morgan fingerprint density at radius 2 is 1.37 bits per heavy atom. The summed E-state index contributed by atoms with van der Waals surface area (Å²) >= 11 is 3.40. The molecule has 3 amide bonds. The Balaban J connectivity index is 4.53. The Kier molecular flexibility index (Phi) is 21.1. The van der Waals surface area contributed by atoms with Crippen molar-refractivity contribution in [3.8, 4) is 0 Å². The van der Waals surface area contributed by atoms with Gasteiger partial charge in [0, 0.05) is 38.0 Å². The zero-order valence-corrected chi connectivity index (χ0v) is 31.8. The van der Waals surface area contributed by atoms with Crippen LogP contribution in [-0.4, -0.2) is 136 Å². The quantitative estimate of drug-likeness (QED) is 0.0312. The van der Waals surface area contributed by atoms with Gasteiger partial charge in [-0.3, -0.25) is 28.9 Å². The molecule has 0 aliphatic rings. The Labute approximate surface area is 305 Å². The molecule has 0 rings (SSSR count). The highest BCUT2D eigenvalue weighted by Crippen LogP contribution is 2.36. The molecular formula is C32H53BrN4O14. The first-order valence-corrected chi connectivity index (χ1v) is 17.2. The average Bonchev–Trinajstić information content (AvgIpc) is 3.00. The Bertz CT molecular complexity index is 1220. The number of halogens is 1. The molecule has 0 bridgehead atoms. The minimum Gasteiger partial charge on any atom is -0.481 e. The number of hydrogen-bond acceptors (Lipinski definition) is 12.